The van der Waals surface area contributed by atoms with Crippen LogP contribution >= 0.6 is 15.9 Å². The number of aromatic carboxylic acids is 1. The Balaban J connectivity index is 0.00000272. The van der Waals surface area contributed by atoms with Crippen LogP contribution in [-0.2, 0) is 6.61 Å². The number of pyridine rings is 1. The van der Waals surface area contributed by atoms with Crippen LogP contribution in [0.2, 0.25) is 0 Å². The van der Waals surface area contributed by atoms with E-state index in [1.165, 1.54) is 18.2 Å². The Labute approximate surface area is 210 Å². The first kappa shape index (κ1) is 23.7. The quantitative estimate of drug-likeness (QED) is 0.497. The zero-order chi connectivity index (χ0) is 21.1. The minimum atomic E-state index is -1.32. The van der Waals surface area contributed by atoms with Crippen LogP contribution in [0.3, 0.4) is 0 Å². The predicted molar refractivity (Wildman–Crippen MR) is 114 cm³/mol. The fourth-order valence-electron chi connectivity index (χ4n) is 3.67. The maximum Gasteiger partial charge on any atom is 1.00 e. The summed E-state index contributed by atoms with van der Waals surface area (Å²) in [5, 5.41) is 11.2. The van der Waals surface area contributed by atoms with Gasteiger partial charge in [-0.05, 0) is 66.8 Å². The number of hydrogen-bond donors (Lipinski definition) is 0. The van der Waals surface area contributed by atoms with Crippen LogP contribution in [0.5, 0.6) is 5.75 Å². The van der Waals surface area contributed by atoms with Crippen molar-refractivity contribution in [3.05, 3.63) is 93.5 Å². The number of carboxylic acid groups (broad SMARTS) is 1. The Kier molecular flexibility index (Phi) is 8.06. The van der Waals surface area contributed by atoms with Crippen LogP contribution in [0.15, 0.2) is 65.1 Å². The van der Waals surface area contributed by atoms with Gasteiger partial charge in [-0.1, -0.05) is 40.2 Å². The summed E-state index contributed by atoms with van der Waals surface area (Å²) < 4.78 is 21.1. The molecule has 4 nitrogen and oxygen atoms in total. The van der Waals surface area contributed by atoms with E-state index in [0.717, 1.165) is 40.4 Å². The first-order chi connectivity index (χ1) is 14.5. The molecule has 3 aromatic rings. The molecule has 1 aromatic heterocycles. The molecule has 1 aliphatic rings. The average Bonchev–Trinajstić information content (AvgIpc) is 3.24. The predicted octanol–water partition coefficient (Wildman–Crippen LogP) is 2.02. The maximum absolute atomic E-state index is 14.1. The molecular weight excluding hydrogens is 472 g/mol. The summed E-state index contributed by atoms with van der Waals surface area (Å²) in [6, 6.07) is 17.1. The van der Waals surface area contributed by atoms with Crippen LogP contribution in [0.4, 0.5) is 4.39 Å². The Morgan fingerprint density at radius 2 is 1.84 bits per heavy atom. The van der Waals surface area contributed by atoms with Gasteiger partial charge in [0.25, 0.3) is 0 Å². The summed E-state index contributed by atoms with van der Waals surface area (Å²) in [5.41, 5.74) is 3.96. The third kappa shape index (κ3) is 5.44. The average molecular weight is 490 g/mol. The molecule has 1 aliphatic carbocycles. The van der Waals surface area contributed by atoms with Crippen molar-refractivity contribution >= 4 is 33.0 Å². The van der Waals surface area contributed by atoms with Gasteiger partial charge >= 0.3 is 29.6 Å². The van der Waals surface area contributed by atoms with Crippen molar-refractivity contribution in [1.82, 2.24) is 4.98 Å². The molecule has 2 aromatic carbocycles. The number of carbonyl (C=O) groups excluding carboxylic acids is 1. The molecule has 0 aliphatic heterocycles. The van der Waals surface area contributed by atoms with Crippen molar-refractivity contribution in [2.45, 2.75) is 25.9 Å². The van der Waals surface area contributed by atoms with Crippen LogP contribution in [0.1, 0.15) is 46.6 Å². The second-order valence-electron chi connectivity index (χ2n) is 7.03. The molecule has 7 heteroatoms. The number of allylic oxidation sites excluding steroid dienone is 2. The van der Waals surface area contributed by atoms with E-state index in [1.807, 2.05) is 24.3 Å². The zero-order valence-corrected chi connectivity index (χ0v) is 20.6. The van der Waals surface area contributed by atoms with Gasteiger partial charge in [0.2, 0.25) is 0 Å². The number of aromatic nitrogens is 1. The third-order valence-electron chi connectivity index (χ3n) is 5.09. The van der Waals surface area contributed by atoms with Crippen LogP contribution in [0.25, 0.3) is 11.1 Å². The molecule has 0 saturated heterocycles. The van der Waals surface area contributed by atoms with Gasteiger partial charge in [-0.25, -0.2) is 9.37 Å². The van der Waals surface area contributed by atoms with E-state index in [0.29, 0.717) is 23.6 Å². The number of ether oxygens (including phenoxy) is 1. The van der Waals surface area contributed by atoms with E-state index < -0.39 is 5.97 Å². The van der Waals surface area contributed by atoms with Crippen molar-refractivity contribution in [3.63, 3.8) is 0 Å². The molecule has 0 amide bonds. The van der Waals surface area contributed by atoms with Crippen molar-refractivity contribution in [3.8, 4) is 5.75 Å². The Morgan fingerprint density at radius 1 is 1.06 bits per heavy atom. The van der Waals surface area contributed by atoms with E-state index >= 15 is 0 Å². The minimum absolute atomic E-state index is 0. The van der Waals surface area contributed by atoms with Crippen molar-refractivity contribution in [2.75, 3.05) is 0 Å². The molecule has 0 unspecified atom stereocenters. The van der Waals surface area contributed by atoms with Gasteiger partial charge in [-0.3, -0.25) is 0 Å². The number of rotatable bonds is 6. The number of hydrogen-bond acceptors (Lipinski definition) is 4. The summed E-state index contributed by atoms with van der Waals surface area (Å²) in [6.45, 7) is 0.334. The summed E-state index contributed by atoms with van der Waals surface area (Å²) in [5.74, 6) is -1.09. The van der Waals surface area contributed by atoms with E-state index in [4.69, 9.17) is 4.74 Å². The Bertz CT molecular complexity index is 1150. The molecular formula is C24H18BrFNNaO3. The molecule has 0 atom stereocenters. The van der Waals surface area contributed by atoms with Gasteiger partial charge in [0, 0.05) is 15.6 Å². The SMILES string of the molecule is O=C([O-])c1cccc(C2=C(c3cc(F)ccc3OCc3ccccc3Br)CCC2)n1.[Na+]. The van der Waals surface area contributed by atoms with E-state index in [1.54, 1.807) is 18.2 Å². The molecule has 0 saturated carbocycles. The summed E-state index contributed by atoms with van der Waals surface area (Å²) in [4.78, 5) is 15.4. The molecule has 1 heterocycles. The number of carboxylic acids is 1. The first-order valence-electron chi connectivity index (χ1n) is 9.60. The van der Waals surface area contributed by atoms with Gasteiger partial charge in [0.1, 0.15) is 18.2 Å². The van der Waals surface area contributed by atoms with Crippen LogP contribution in [-0.4, -0.2) is 11.0 Å². The Hall–Kier alpha value is -1.99. The number of benzene rings is 2. The van der Waals surface area contributed by atoms with E-state index in [2.05, 4.69) is 20.9 Å². The maximum atomic E-state index is 14.1. The normalized spacial score (nSPS) is 13.1. The van der Waals surface area contributed by atoms with Crippen molar-refractivity contribution < 1.29 is 48.6 Å². The fourth-order valence-corrected chi connectivity index (χ4v) is 4.07. The van der Waals surface area contributed by atoms with Gasteiger partial charge in [0.05, 0.1) is 17.4 Å². The standard InChI is InChI=1S/C24H19BrFNO3.Na/c25-20-8-2-1-5-15(20)14-30-23-12-11-16(26)13-19(23)17-6-3-7-18(17)21-9-4-10-22(27-21)24(28)29;/h1-2,4-5,8-13H,3,6-7,14H2,(H,28,29);/q;+1/p-1. The second-order valence-corrected chi connectivity index (χ2v) is 7.88. The number of carbonyl (C=O) groups is 1. The van der Waals surface area contributed by atoms with Crippen molar-refractivity contribution in [2.24, 2.45) is 0 Å². The molecule has 0 fully saturated rings. The summed E-state index contributed by atoms with van der Waals surface area (Å²) >= 11 is 3.51. The third-order valence-corrected chi connectivity index (χ3v) is 5.87. The monoisotopic (exact) mass is 489 g/mol. The van der Waals surface area contributed by atoms with Crippen molar-refractivity contribution in [1.29, 1.82) is 0 Å². The minimum Gasteiger partial charge on any atom is -0.543 e. The van der Waals surface area contributed by atoms with Crippen LogP contribution < -0.4 is 39.4 Å². The molecule has 4 rings (SSSR count). The molecule has 0 bridgehead atoms. The zero-order valence-electron chi connectivity index (χ0n) is 17.0. The van der Waals surface area contributed by atoms with E-state index in [9.17, 15) is 14.3 Å². The molecule has 152 valence electrons. The van der Waals surface area contributed by atoms with Crippen LogP contribution in [0, 0.1) is 5.82 Å². The van der Waals surface area contributed by atoms with Gasteiger partial charge in [0.15, 0.2) is 0 Å². The van der Waals surface area contributed by atoms with E-state index in [-0.39, 0.29) is 41.1 Å². The molecule has 31 heavy (non-hydrogen) atoms. The summed E-state index contributed by atoms with van der Waals surface area (Å²) in [7, 11) is 0. The number of nitrogens with zero attached hydrogens (tertiary/aromatic N) is 1. The number of halogens is 2. The molecule has 0 N–H and O–H groups in total. The topological polar surface area (TPSA) is 62.2 Å². The molecule has 0 spiro atoms. The van der Waals surface area contributed by atoms with Gasteiger partial charge in [-0.2, -0.15) is 0 Å². The molecule has 0 radical (unpaired) electrons. The van der Waals surface area contributed by atoms with Gasteiger partial charge in [-0.15, -0.1) is 0 Å². The Morgan fingerprint density at radius 3 is 2.61 bits per heavy atom. The summed E-state index contributed by atoms with van der Waals surface area (Å²) in [6.07, 6.45) is 2.35. The largest absolute Gasteiger partial charge is 1.00 e. The second kappa shape index (κ2) is 10.6. The van der Waals surface area contributed by atoms with Gasteiger partial charge < -0.3 is 14.6 Å². The fraction of sp³-hybridized carbons (Fsp3) is 0.167. The first-order valence-corrected chi connectivity index (χ1v) is 10.4. The smallest absolute Gasteiger partial charge is 0.543 e.